The molecule has 1 aromatic carbocycles. The highest BCUT2D eigenvalue weighted by Crippen LogP contribution is 2.23. The van der Waals surface area contributed by atoms with Crippen LogP contribution < -0.4 is 11.1 Å². The number of halogens is 1. The summed E-state index contributed by atoms with van der Waals surface area (Å²) in [6.45, 7) is 0. The molecule has 0 spiro atoms. The van der Waals surface area contributed by atoms with E-state index in [2.05, 4.69) is 20.3 Å². The number of nitrogen functional groups attached to an aromatic ring is 1. The van der Waals surface area contributed by atoms with E-state index in [0.29, 0.717) is 17.0 Å². The Morgan fingerprint density at radius 3 is 2.79 bits per heavy atom. The number of imidazole rings is 1. The number of fused-ring (bicyclic) bond motifs is 1. The Balaban J connectivity index is 2.11. The fourth-order valence-electron chi connectivity index (χ4n) is 1.84. The number of nitrogens with one attached hydrogen (secondary N) is 2. The molecular formula is C13H12FN5. The first kappa shape index (κ1) is 11.5. The number of aromatic nitrogens is 3. The quantitative estimate of drug-likeness (QED) is 0.616. The molecule has 0 radical (unpaired) electrons. The fourth-order valence-corrected chi connectivity index (χ4v) is 1.84. The van der Waals surface area contributed by atoms with Crippen LogP contribution >= 0.6 is 0 Å². The minimum absolute atomic E-state index is 0.121. The highest BCUT2D eigenvalue weighted by molar-refractivity contribution is 5.77. The smallest absolute Gasteiger partial charge is 0.180 e. The molecule has 0 aliphatic carbocycles. The molecule has 0 aliphatic heterocycles. The van der Waals surface area contributed by atoms with Gasteiger partial charge in [-0.15, -0.1) is 0 Å². The van der Waals surface area contributed by atoms with Crippen LogP contribution in [-0.2, 0) is 0 Å². The van der Waals surface area contributed by atoms with Crippen LogP contribution in [-0.4, -0.2) is 22.0 Å². The Morgan fingerprint density at radius 1 is 1.21 bits per heavy atom. The largest absolute Gasteiger partial charge is 0.396 e. The Bertz CT molecular complexity index is 750. The van der Waals surface area contributed by atoms with Gasteiger partial charge >= 0.3 is 0 Å². The number of hydrogen-bond acceptors (Lipinski definition) is 4. The van der Waals surface area contributed by atoms with Crippen molar-refractivity contribution in [3.8, 4) is 11.4 Å². The number of nitrogens with zero attached hydrogens (tertiary/aromatic N) is 2. The molecule has 0 atom stereocenters. The Hall–Kier alpha value is -2.63. The molecular weight excluding hydrogens is 245 g/mol. The summed E-state index contributed by atoms with van der Waals surface area (Å²) >= 11 is 0. The second-order valence-electron chi connectivity index (χ2n) is 4.14. The van der Waals surface area contributed by atoms with Crippen LogP contribution in [0.25, 0.3) is 22.6 Å². The number of hydrogen-bond donors (Lipinski definition) is 3. The number of anilines is 2. The van der Waals surface area contributed by atoms with Crippen LogP contribution in [0.3, 0.4) is 0 Å². The van der Waals surface area contributed by atoms with Crippen molar-refractivity contribution in [2.45, 2.75) is 0 Å². The lowest BCUT2D eigenvalue weighted by atomic mass is 10.2. The van der Waals surface area contributed by atoms with Crippen LogP contribution in [0.15, 0.2) is 30.3 Å². The maximum Gasteiger partial charge on any atom is 0.180 e. The van der Waals surface area contributed by atoms with E-state index in [0.717, 1.165) is 11.3 Å². The zero-order valence-electron chi connectivity index (χ0n) is 10.2. The summed E-state index contributed by atoms with van der Waals surface area (Å²) in [4.78, 5) is 11.8. The molecule has 6 heteroatoms. The first-order chi connectivity index (χ1) is 9.17. The monoisotopic (exact) mass is 257 g/mol. The molecule has 96 valence electrons. The topological polar surface area (TPSA) is 79.6 Å². The van der Waals surface area contributed by atoms with Gasteiger partial charge in [0.25, 0.3) is 0 Å². The number of H-pyrrole nitrogens is 1. The van der Waals surface area contributed by atoms with E-state index in [1.165, 1.54) is 12.1 Å². The summed E-state index contributed by atoms with van der Waals surface area (Å²) in [7, 11) is 1.79. The Kier molecular flexibility index (Phi) is 2.56. The molecule has 4 N–H and O–H groups in total. The van der Waals surface area contributed by atoms with Crippen molar-refractivity contribution in [2.75, 3.05) is 18.1 Å². The van der Waals surface area contributed by atoms with Gasteiger partial charge in [-0.3, -0.25) is 0 Å². The number of pyridine rings is 1. The fraction of sp³-hybridized carbons (Fsp3) is 0.0769. The number of aromatic amines is 1. The molecule has 19 heavy (non-hydrogen) atoms. The van der Waals surface area contributed by atoms with Crippen molar-refractivity contribution in [1.82, 2.24) is 15.0 Å². The SMILES string of the molecule is CNc1ccc2[nH]c(-c3ccc(N)c(F)c3)nc2n1. The molecule has 3 rings (SSSR count). The zero-order chi connectivity index (χ0) is 13.4. The van der Waals surface area contributed by atoms with E-state index in [1.54, 1.807) is 13.1 Å². The van der Waals surface area contributed by atoms with Crippen LogP contribution in [0.4, 0.5) is 15.9 Å². The molecule has 0 bridgehead atoms. The Labute approximate surface area is 108 Å². The maximum atomic E-state index is 13.4. The van der Waals surface area contributed by atoms with Crippen LogP contribution in [0.2, 0.25) is 0 Å². The second kappa shape index (κ2) is 4.24. The van der Waals surface area contributed by atoms with Gasteiger partial charge in [0, 0.05) is 12.6 Å². The zero-order valence-corrected chi connectivity index (χ0v) is 10.2. The highest BCUT2D eigenvalue weighted by atomic mass is 19.1. The van der Waals surface area contributed by atoms with E-state index < -0.39 is 5.82 Å². The minimum atomic E-state index is -0.457. The summed E-state index contributed by atoms with van der Waals surface area (Å²) in [6, 6.07) is 8.30. The molecule has 0 unspecified atom stereocenters. The van der Waals surface area contributed by atoms with Gasteiger partial charge in [0.1, 0.15) is 17.5 Å². The van der Waals surface area contributed by atoms with Crippen molar-refractivity contribution in [3.63, 3.8) is 0 Å². The molecule has 0 saturated carbocycles. The van der Waals surface area contributed by atoms with Gasteiger partial charge in [0.15, 0.2) is 5.65 Å². The third kappa shape index (κ3) is 1.97. The average Bonchev–Trinajstić information content (AvgIpc) is 2.84. The van der Waals surface area contributed by atoms with Crippen molar-refractivity contribution in [3.05, 3.63) is 36.1 Å². The van der Waals surface area contributed by atoms with Gasteiger partial charge in [-0.1, -0.05) is 0 Å². The standard InChI is InChI=1S/C13H12FN5/c1-16-11-5-4-10-13(18-11)19-12(17-10)7-2-3-9(15)8(14)6-7/h2-6H,15H2,1H3,(H2,16,17,18,19). The first-order valence-electron chi connectivity index (χ1n) is 5.77. The lowest BCUT2D eigenvalue weighted by Crippen LogP contribution is -1.91. The van der Waals surface area contributed by atoms with Crippen molar-refractivity contribution < 1.29 is 4.39 Å². The van der Waals surface area contributed by atoms with E-state index in [4.69, 9.17) is 5.73 Å². The van der Waals surface area contributed by atoms with E-state index in [-0.39, 0.29) is 5.69 Å². The average molecular weight is 257 g/mol. The predicted molar refractivity (Wildman–Crippen MR) is 73.2 cm³/mol. The van der Waals surface area contributed by atoms with Gasteiger partial charge in [-0.05, 0) is 30.3 Å². The minimum Gasteiger partial charge on any atom is -0.396 e. The molecule has 0 amide bonds. The maximum absolute atomic E-state index is 13.4. The van der Waals surface area contributed by atoms with E-state index in [9.17, 15) is 4.39 Å². The summed E-state index contributed by atoms with van der Waals surface area (Å²) in [5.74, 6) is 0.838. The normalized spacial score (nSPS) is 10.8. The molecule has 2 heterocycles. The molecule has 0 fully saturated rings. The van der Waals surface area contributed by atoms with Crippen molar-refractivity contribution in [1.29, 1.82) is 0 Å². The molecule has 0 saturated heterocycles. The second-order valence-corrected chi connectivity index (χ2v) is 4.14. The molecule has 3 aromatic rings. The van der Waals surface area contributed by atoms with Crippen molar-refractivity contribution in [2.24, 2.45) is 0 Å². The summed E-state index contributed by atoms with van der Waals surface area (Å²) in [5, 5.41) is 2.94. The molecule has 5 nitrogen and oxygen atoms in total. The molecule has 0 aliphatic rings. The molecule has 2 aromatic heterocycles. The van der Waals surface area contributed by atoms with Crippen LogP contribution in [0, 0.1) is 5.82 Å². The van der Waals surface area contributed by atoms with E-state index >= 15 is 0 Å². The summed E-state index contributed by atoms with van der Waals surface area (Å²) in [6.07, 6.45) is 0. The highest BCUT2D eigenvalue weighted by Gasteiger charge is 2.08. The van der Waals surface area contributed by atoms with Crippen molar-refractivity contribution >= 4 is 22.7 Å². The third-order valence-corrected chi connectivity index (χ3v) is 2.88. The number of nitrogens with two attached hydrogens (primary N) is 1. The number of rotatable bonds is 2. The summed E-state index contributed by atoms with van der Waals surface area (Å²) < 4.78 is 13.4. The van der Waals surface area contributed by atoms with Gasteiger partial charge in [0.05, 0.1) is 11.2 Å². The van der Waals surface area contributed by atoms with Gasteiger partial charge in [-0.2, -0.15) is 0 Å². The third-order valence-electron chi connectivity index (χ3n) is 2.88. The van der Waals surface area contributed by atoms with Crippen LogP contribution in [0.5, 0.6) is 0 Å². The predicted octanol–water partition coefficient (Wildman–Crippen LogP) is 2.39. The van der Waals surface area contributed by atoms with Gasteiger partial charge < -0.3 is 16.0 Å². The lowest BCUT2D eigenvalue weighted by Gasteiger charge is -1.99. The summed E-state index contributed by atoms with van der Waals surface area (Å²) in [5.41, 5.74) is 7.59. The van der Waals surface area contributed by atoms with E-state index in [1.807, 2.05) is 12.1 Å². The van der Waals surface area contributed by atoms with Crippen LogP contribution in [0.1, 0.15) is 0 Å². The van der Waals surface area contributed by atoms with Gasteiger partial charge in [-0.25, -0.2) is 14.4 Å². The number of benzene rings is 1. The Morgan fingerprint density at radius 2 is 2.05 bits per heavy atom. The lowest BCUT2D eigenvalue weighted by molar-refractivity contribution is 0.633. The van der Waals surface area contributed by atoms with Gasteiger partial charge in [0.2, 0.25) is 0 Å². The first-order valence-corrected chi connectivity index (χ1v) is 5.77.